The topological polar surface area (TPSA) is 156 Å². The molecule has 35 heavy (non-hydrogen) atoms. The smallest absolute Gasteiger partial charge is 0.305 e. The molecule has 5 N–H and O–H groups in total. The normalized spacial score (nSPS) is 19.8. The second-order valence-corrected chi connectivity index (χ2v) is 10.6. The van der Waals surface area contributed by atoms with Crippen molar-refractivity contribution < 1.29 is 29.1 Å². The maximum atomic E-state index is 13.4. The summed E-state index contributed by atoms with van der Waals surface area (Å²) in [7, 11) is 0. The fourth-order valence-corrected chi connectivity index (χ4v) is 4.63. The summed E-state index contributed by atoms with van der Waals surface area (Å²) in [5.41, 5.74) is 5.74. The maximum Gasteiger partial charge on any atom is 0.305 e. The highest BCUT2D eigenvalue weighted by Crippen LogP contribution is 2.34. The molecule has 1 aliphatic rings. The Balaban J connectivity index is 2.15. The van der Waals surface area contributed by atoms with E-state index in [9.17, 15) is 24.0 Å². The number of benzene rings is 1. The number of halogens is 1. The van der Waals surface area contributed by atoms with Gasteiger partial charge in [0.2, 0.25) is 5.91 Å². The Hall–Kier alpha value is -2.94. The quantitative estimate of drug-likeness (QED) is 0.280. The van der Waals surface area contributed by atoms with Gasteiger partial charge >= 0.3 is 5.97 Å². The molecule has 2 amide bonds. The number of ketones is 1. The molecular weight excluding hydrogens is 474 g/mol. The lowest BCUT2D eigenvalue weighted by Crippen LogP contribution is -2.50. The molecule has 1 saturated carbocycles. The third kappa shape index (κ3) is 8.06. The van der Waals surface area contributed by atoms with Crippen molar-refractivity contribution in [2.24, 2.45) is 17.3 Å². The molecule has 4 unspecified atom stereocenters. The van der Waals surface area contributed by atoms with Gasteiger partial charge in [-0.25, -0.2) is 0 Å². The highest BCUT2D eigenvalue weighted by Gasteiger charge is 2.38. The summed E-state index contributed by atoms with van der Waals surface area (Å²) >= 11 is 6.03. The van der Waals surface area contributed by atoms with E-state index in [0.717, 1.165) is 12.8 Å². The third-order valence-corrected chi connectivity index (χ3v) is 6.65. The molecule has 1 aliphatic carbocycles. The minimum Gasteiger partial charge on any atom is -0.481 e. The summed E-state index contributed by atoms with van der Waals surface area (Å²) in [5, 5.41) is 14.5. The zero-order valence-corrected chi connectivity index (χ0v) is 21.1. The van der Waals surface area contributed by atoms with Crippen LogP contribution in [-0.2, 0) is 19.2 Å². The van der Waals surface area contributed by atoms with Gasteiger partial charge in [-0.1, -0.05) is 45.2 Å². The summed E-state index contributed by atoms with van der Waals surface area (Å²) < 4.78 is 0. The van der Waals surface area contributed by atoms with Gasteiger partial charge in [0.1, 0.15) is 6.29 Å². The van der Waals surface area contributed by atoms with Gasteiger partial charge in [0.05, 0.1) is 29.2 Å². The van der Waals surface area contributed by atoms with Gasteiger partial charge in [-0.05, 0) is 42.4 Å². The number of anilines is 1. The second kappa shape index (κ2) is 12.2. The van der Waals surface area contributed by atoms with Crippen molar-refractivity contribution in [2.45, 2.75) is 71.4 Å². The molecule has 0 radical (unpaired) electrons. The van der Waals surface area contributed by atoms with Gasteiger partial charge in [0.15, 0.2) is 5.78 Å². The highest BCUT2D eigenvalue weighted by atomic mass is 35.5. The number of aldehydes is 1. The van der Waals surface area contributed by atoms with Gasteiger partial charge in [0, 0.05) is 17.9 Å². The SMILES string of the molecule is CC(C)(C)C(NC(=O)c1ccc(N)c(Cl)c1)C(=O)CC1CCCCC1C(=O)NC(C=O)CC(=O)O. The van der Waals surface area contributed by atoms with Crippen LogP contribution in [0.2, 0.25) is 5.02 Å². The van der Waals surface area contributed by atoms with Crippen molar-refractivity contribution in [1.29, 1.82) is 0 Å². The number of amides is 2. The Morgan fingerprint density at radius 3 is 2.40 bits per heavy atom. The number of carboxylic acid groups (broad SMARTS) is 1. The Morgan fingerprint density at radius 1 is 1.17 bits per heavy atom. The lowest BCUT2D eigenvalue weighted by atomic mass is 9.73. The van der Waals surface area contributed by atoms with E-state index in [1.165, 1.54) is 18.2 Å². The molecule has 4 atom stereocenters. The predicted octanol–water partition coefficient (Wildman–Crippen LogP) is 2.99. The van der Waals surface area contributed by atoms with Gasteiger partial charge in [-0.15, -0.1) is 0 Å². The molecule has 1 aromatic rings. The molecule has 9 nitrogen and oxygen atoms in total. The van der Waals surface area contributed by atoms with Gasteiger partial charge in [0.25, 0.3) is 5.91 Å². The van der Waals surface area contributed by atoms with Crippen LogP contribution in [0.4, 0.5) is 5.69 Å². The number of Topliss-reactive ketones (excluding diaryl/α,β-unsaturated/α-hetero) is 1. The van der Waals surface area contributed by atoms with Crippen LogP contribution in [0.5, 0.6) is 0 Å². The molecule has 1 aromatic carbocycles. The van der Waals surface area contributed by atoms with Crippen LogP contribution in [0, 0.1) is 17.3 Å². The fourth-order valence-electron chi connectivity index (χ4n) is 4.45. The number of carboxylic acids is 1. The number of nitrogens with two attached hydrogens (primary N) is 1. The van der Waals surface area contributed by atoms with E-state index in [1.807, 2.05) is 20.8 Å². The average molecular weight is 508 g/mol. The first-order chi connectivity index (χ1) is 16.3. The summed E-state index contributed by atoms with van der Waals surface area (Å²) in [6.07, 6.45) is 2.82. The molecule has 2 rings (SSSR count). The number of rotatable bonds is 10. The van der Waals surface area contributed by atoms with Crippen LogP contribution >= 0.6 is 11.6 Å². The minimum atomic E-state index is -1.19. The van der Waals surface area contributed by atoms with Crippen molar-refractivity contribution in [3.8, 4) is 0 Å². The van der Waals surface area contributed by atoms with E-state index in [2.05, 4.69) is 10.6 Å². The first-order valence-electron chi connectivity index (χ1n) is 11.7. The van der Waals surface area contributed by atoms with Crippen molar-refractivity contribution in [1.82, 2.24) is 10.6 Å². The van der Waals surface area contributed by atoms with Crippen LogP contribution in [0.1, 0.15) is 69.7 Å². The van der Waals surface area contributed by atoms with Gasteiger partial charge < -0.3 is 26.3 Å². The largest absolute Gasteiger partial charge is 0.481 e. The number of carbonyl (C=O) groups excluding carboxylic acids is 4. The monoisotopic (exact) mass is 507 g/mol. The predicted molar refractivity (Wildman–Crippen MR) is 132 cm³/mol. The van der Waals surface area contributed by atoms with E-state index in [-0.39, 0.29) is 28.7 Å². The number of nitrogens with one attached hydrogen (secondary N) is 2. The van der Waals surface area contributed by atoms with Gasteiger partial charge in [-0.2, -0.15) is 0 Å². The second-order valence-electron chi connectivity index (χ2n) is 10.2. The number of hydrogen-bond acceptors (Lipinski definition) is 6. The number of hydrogen-bond donors (Lipinski definition) is 4. The minimum absolute atomic E-state index is 0.0769. The van der Waals surface area contributed by atoms with E-state index >= 15 is 0 Å². The molecular formula is C25H34ClN3O6. The van der Waals surface area contributed by atoms with E-state index in [1.54, 1.807) is 0 Å². The van der Waals surface area contributed by atoms with Crippen molar-refractivity contribution in [3.05, 3.63) is 28.8 Å². The van der Waals surface area contributed by atoms with Crippen molar-refractivity contribution in [2.75, 3.05) is 5.73 Å². The van der Waals surface area contributed by atoms with Gasteiger partial charge in [-0.3, -0.25) is 19.2 Å². The lowest BCUT2D eigenvalue weighted by molar-refractivity contribution is -0.139. The zero-order valence-electron chi connectivity index (χ0n) is 20.3. The standard InChI is InChI=1S/C25H34ClN3O6/c1-25(2,3)22(29-23(34)15-8-9-19(27)18(26)10-15)20(31)11-14-6-4-5-7-17(14)24(35)28-16(13-30)12-21(32)33/h8-10,13-14,16-17,22H,4-7,11-12,27H2,1-3H3,(H,28,35)(H,29,34)(H,32,33). The zero-order chi connectivity index (χ0) is 26.3. The van der Waals surface area contributed by atoms with Crippen molar-refractivity contribution >= 4 is 47.1 Å². The summed E-state index contributed by atoms with van der Waals surface area (Å²) in [4.78, 5) is 61.3. The number of carbonyl (C=O) groups is 5. The fraction of sp³-hybridized carbons (Fsp3) is 0.560. The van der Waals surface area contributed by atoms with Crippen LogP contribution in [0.25, 0.3) is 0 Å². The van der Waals surface area contributed by atoms with Crippen LogP contribution in [0.3, 0.4) is 0 Å². The molecule has 10 heteroatoms. The van der Waals surface area contributed by atoms with Crippen LogP contribution < -0.4 is 16.4 Å². The van der Waals surface area contributed by atoms with E-state index in [0.29, 0.717) is 24.8 Å². The Labute approximate surface area is 210 Å². The maximum absolute atomic E-state index is 13.4. The molecule has 0 aliphatic heterocycles. The summed E-state index contributed by atoms with van der Waals surface area (Å²) in [6.45, 7) is 5.53. The molecule has 0 saturated heterocycles. The Morgan fingerprint density at radius 2 is 1.83 bits per heavy atom. The first kappa shape index (κ1) is 28.3. The molecule has 0 heterocycles. The third-order valence-electron chi connectivity index (χ3n) is 6.32. The number of aliphatic carboxylic acids is 1. The molecule has 1 fully saturated rings. The van der Waals surface area contributed by atoms with Crippen LogP contribution in [-0.4, -0.2) is 47.0 Å². The molecule has 0 spiro atoms. The lowest BCUT2D eigenvalue weighted by Gasteiger charge is -2.35. The van der Waals surface area contributed by atoms with E-state index < -0.39 is 47.6 Å². The molecule has 192 valence electrons. The summed E-state index contributed by atoms with van der Waals surface area (Å²) in [6, 6.07) is 2.56. The highest BCUT2D eigenvalue weighted by molar-refractivity contribution is 6.33. The van der Waals surface area contributed by atoms with E-state index in [4.69, 9.17) is 22.4 Å². The Kier molecular flexibility index (Phi) is 9.82. The Bertz CT molecular complexity index is 974. The first-order valence-corrected chi connectivity index (χ1v) is 12.1. The molecule has 0 aromatic heterocycles. The molecule has 0 bridgehead atoms. The average Bonchev–Trinajstić information content (AvgIpc) is 2.77. The number of nitrogen functional groups attached to an aromatic ring is 1. The summed E-state index contributed by atoms with van der Waals surface area (Å²) in [5.74, 6) is -3.06. The van der Waals surface area contributed by atoms with Crippen LogP contribution in [0.15, 0.2) is 18.2 Å². The van der Waals surface area contributed by atoms with Crippen molar-refractivity contribution in [3.63, 3.8) is 0 Å².